The van der Waals surface area contributed by atoms with Crippen molar-refractivity contribution in [3.8, 4) is 0 Å². The summed E-state index contributed by atoms with van der Waals surface area (Å²) in [5, 5.41) is 3.53. The average Bonchev–Trinajstić information content (AvgIpc) is 2.56. The second kappa shape index (κ2) is 6.14. The first-order chi connectivity index (χ1) is 11.1. The highest BCUT2D eigenvalue weighted by Gasteiger charge is 2.53. The number of benzene rings is 2. The fourth-order valence-corrected chi connectivity index (χ4v) is 3.96. The maximum atomic E-state index is 11.8. The molecule has 4 nitrogen and oxygen atoms in total. The topological polar surface area (TPSA) is 55.1 Å². The van der Waals surface area contributed by atoms with Crippen LogP contribution in [0, 0.1) is 0 Å². The molecule has 1 amide bonds. The minimum atomic E-state index is -0.324. The van der Waals surface area contributed by atoms with Gasteiger partial charge in [0.1, 0.15) is 0 Å². The third-order valence-corrected chi connectivity index (χ3v) is 5.09. The van der Waals surface area contributed by atoms with Gasteiger partial charge in [0.25, 0.3) is 5.91 Å². The molecule has 1 saturated heterocycles. The molecule has 120 valence electrons. The number of piperazine rings is 1. The number of carbonyl (C=O) groups excluding carboxylic acids is 1. The van der Waals surface area contributed by atoms with Crippen molar-refractivity contribution in [3.63, 3.8) is 0 Å². The van der Waals surface area contributed by atoms with Crippen LogP contribution in [0.15, 0.2) is 60.7 Å². The Hall–Kier alpha value is -2.17. The number of rotatable bonds is 4. The largest absolute Gasteiger partial charge is 0.365 e. The van der Waals surface area contributed by atoms with Crippen LogP contribution in [-0.4, -0.2) is 43.6 Å². The first-order valence-electron chi connectivity index (χ1n) is 8.03. The number of hydrogen-bond acceptors (Lipinski definition) is 2. The number of likely N-dealkylation sites (N-methyl/N-ethyl adjacent to an activating group) is 1. The van der Waals surface area contributed by atoms with Crippen LogP contribution in [0.1, 0.15) is 11.1 Å². The van der Waals surface area contributed by atoms with Crippen LogP contribution in [0.25, 0.3) is 0 Å². The summed E-state index contributed by atoms with van der Waals surface area (Å²) >= 11 is 0. The Kier molecular flexibility index (Phi) is 4.20. The fourth-order valence-electron chi connectivity index (χ4n) is 3.96. The average molecular weight is 310 g/mol. The number of primary amides is 1. The minimum absolute atomic E-state index is 0.259. The Balaban J connectivity index is 2.24. The number of nitrogens with one attached hydrogen (secondary N) is 1. The summed E-state index contributed by atoms with van der Waals surface area (Å²) in [7, 11) is 2.14. The van der Waals surface area contributed by atoms with Crippen LogP contribution in [0.2, 0.25) is 0 Å². The van der Waals surface area contributed by atoms with Gasteiger partial charge in [-0.15, -0.1) is 0 Å². The predicted octanol–water partition coefficient (Wildman–Crippen LogP) is 1.47. The van der Waals surface area contributed by atoms with Gasteiger partial charge in [0, 0.05) is 17.7 Å². The van der Waals surface area contributed by atoms with Gasteiger partial charge in [-0.2, -0.15) is 0 Å². The zero-order valence-electron chi connectivity index (χ0n) is 13.5. The van der Waals surface area contributed by atoms with E-state index in [0.717, 1.165) is 19.6 Å². The number of nitrogens with two attached hydrogens (primary N) is 1. The zero-order chi connectivity index (χ0) is 16.3. The van der Waals surface area contributed by atoms with Gasteiger partial charge in [0.15, 0.2) is 12.1 Å². The lowest BCUT2D eigenvalue weighted by Gasteiger charge is -2.54. The van der Waals surface area contributed by atoms with Gasteiger partial charge in [-0.3, -0.25) is 4.79 Å². The third-order valence-electron chi connectivity index (χ3n) is 5.09. The molecule has 4 heteroatoms. The van der Waals surface area contributed by atoms with E-state index in [1.165, 1.54) is 11.1 Å². The van der Waals surface area contributed by atoms with Gasteiger partial charge < -0.3 is 15.5 Å². The maximum Gasteiger partial charge on any atom is 0.272 e. The second-order valence-corrected chi connectivity index (χ2v) is 6.51. The lowest BCUT2D eigenvalue weighted by Crippen LogP contribution is -2.71. The van der Waals surface area contributed by atoms with Crippen LogP contribution in [0.3, 0.4) is 0 Å². The summed E-state index contributed by atoms with van der Waals surface area (Å²) in [5.74, 6) is -0.259. The smallest absolute Gasteiger partial charge is 0.272 e. The molecule has 3 N–H and O–H groups in total. The van der Waals surface area contributed by atoms with Crippen molar-refractivity contribution in [2.75, 3.05) is 33.2 Å². The normalized spacial score (nSPS) is 23.3. The standard InChI is InChI=1S/C19H23N3O/c1-22(14-18(20)23)13-12-21-15-19(22,16-8-4-2-5-9-16)17-10-6-3-7-11-17/h2-11,21H,12-15H2,1H3,(H-,20,23)/p+1. The maximum absolute atomic E-state index is 11.8. The zero-order valence-corrected chi connectivity index (χ0v) is 13.5. The molecule has 0 radical (unpaired) electrons. The van der Waals surface area contributed by atoms with Gasteiger partial charge >= 0.3 is 0 Å². The minimum Gasteiger partial charge on any atom is -0.365 e. The number of hydrogen-bond donors (Lipinski definition) is 2. The molecule has 23 heavy (non-hydrogen) atoms. The fraction of sp³-hybridized carbons (Fsp3) is 0.316. The summed E-state index contributed by atoms with van der Waals surface area (Å²) in [5.41, 5.74) is 7.71. The van der Waals surface area contributed by atoms with E-state index in [4.69, 9.17) is 5.73 Å². The molecule has 0 bridgehead atoms. The summed E-state index contributed by atoms with van der Waals surface area (Å²) in [6, 6.07) is 20.9. The van der Waals surface area contributed by atoms with Crippen molar-refractivity contribution in [2.45, 2.75) is 5.54 Å². The van der Waals surface area contributed by atoms with Gasteiger partial charge in [0.05, 0.1) is 20.1 Å². The van der Waals surface area contributed by atoms with E-state index in [9.17, 15) is 4.79 Å². The highest BCUT2D eigenvalue weighted by molar-refractivity contribution is 5.75. The van der Waals surface area contributed by atoms with Crippen LogP contribution >= 0.6 is 0 Å². The van der Waals surface area contributed by atoms with Crippen molar-refractivity contribution in [1.29, 1.82) is 0 Å². The van der Waals surface area contributed by atoms with E-state index in [1.807, 2.05) is 12.1 Å². The number of nitrogens with zero attached hydrogens (tertiary/aromatic N) is 1. The summed E-state index contributed by atoms with van der Waals surface area (Å²) in [6.07, 6.45) is 0. The summed E-state index contributed by atoms with van der Waals surface area (Å²) < 4.78 is 0.587. The van der Waals surface area contributed by atoms with E-state index < -0.39 is 0 Å². The predicted molar refractivity (Wildman–Crippen MR) is 91.6 cm³/mol. The SMILES string of the molecule is C[N+]1(CC(N)=O)CCNCC1(c1ccccc1)c1ccccc1. The Bertz CT molecular complexity index is 632. The molecule has 1 aliphatic heterocycles. The van der Waals surface area contributed by atoms with Crippen LogP contribution < -0.4 is 11.1 Å². The molecule has 2 aromatic rings. The molecular weight excluding hydrogens is 286 g/mol. The lowest BCUT2D eigenvalue weighted by molar-refractivity contribution is -0.955. The van der Waals surface area contributed by atoms with Gasteiger partial charge in [-0.1, -0.05) is 60.7 Å². The molecule has 0 aliphatic carbocycles. The van der Waals surface area contributed by atoms with E-state index >= 15 is 0 Å². The van der Waals surface area contributed by atoms with Crippen LogP contribution in [0.4, 0.5) is 0 Å². The van der Waals surface area contributed by atoms with E-state index in [1.54, 1.807) is 0 Å². The van der Waals surface area contributed by atoms with Crippen molar-refractivity contribution in [2.24, 2.45) is 5.73 Å². The second-order valence-electron chi connectivity index (χ2n) is 6.51. The summed E-state index contributed by atoms with van der Waals surface area (Å²) in [4.78, 5) is 11.8. The van der Waals surface area contributed by atoms with Crippen molar-refractivity contribution < 1.29 is 9.28 Å². The lowest BCUT2D eigenvalue weighted by atomic mass is 9.77. The van der Waals surface area contributed by atoms with Gasteiger partial charge in [0.2, 0.25) is 0 Å². The first-order valence-corrected chi connectivity index (χ1v) is 8.03. The van der Waals surface area contributed by atoms with Crippen molar-refractivity contribution >= 4 is 5.91 Å². The number of amides is 1. The molecule has 0 aromatic heterocycles. The molecule has 0 saturated carbocycles. The monoisotopic (exact) mass is 310 g/mol. The van der Waals surface area contributed by atoms with Crippen LogP contribution in [0.5, 0.6) is 0 Å². The quantitative estimate of drug-likeness (QED) is 0.840. The molecule has 1 heterocycles. The highest BCUT2D eigenvalue weighted by atomic mass is 16.1. The van der Waals surface area contributed by atoms with Gasteiger partial charge in [-0.25, -0.2) is 0 Å². The summed E-state index contributed by atoms with van der Waals surface area (Å²) in [6.45, 7) is 2.84. The van der Waals surface area contributed by atoms with Gasteiger partial charge in [-0.05, 0) is 0 Å². The number of quaternary nitrogens is 1. The molecular formula is C19H24N3O+. The highest BCUT2D eigenvalue weighted by Crippen LogP contribution is 2.41. The first kappa shape index (κ1) is 15.7. The Morgan fingerprint density at radius 1 is 1.09 bits per heavy atom. The van der Waals surface area contributed by atoms with Crippen molar-refractivity contribution in [1.82, 2.24) is 5.32 Å². The molecule has 1 unspecified atom stereocenters. The van der Waals surface area contributed by atoms with E-state index in [0.29, 0.717) is 11.0 Å². The molecule has 3 rings (SSSR count). The van der Waals surface area contributed by atoms with Crippen molar-refractivity contribution in [3.05, 3.63) is 71.8 Å². The molecule has 2 aromatic carbocycles. The Morgan fingerprint density at radius 3 is 2.09 bits per heavy atom. The Labute approximate surface area is 137 Å². The van der Waals surface area contributed by atoms with E-state index in [-0.39, 0.29) is 11.4 Å². The Morgan fingerprint density at radius 2 is 1.61 bits per heavy atom. The van der Waals surface area contributed by atoms with E-state index in [2.05, 4.69) is 60.9 Å². The molecule has 1 atom stereocenters. The number of carbonyl (C=O) groups is 1. The van der Waals surface area contributed by atoms with Crippen LogP contribution in [-0.2, 0) is 10.3 Å². The molecule has 1 aliphatic rings. The molecule has 1 fully saturated rings. The third kappa shape index (κ3) is 2.64. The molecule has 0 spiro atoms.